The van der Waals surface area contributed by atoms with E-state index in [-0.39, 0.29) is 17.0 Å². The number of nitrogens with zero attached hydrogens (tertiary/aromatic N) is 1. The predicted octanol–water partition coefficient (Wildman–Crippen LogP) is -0.0968. The number of ether oxygens (including phenoxy) is 1. The molecule has 0 radical (unpaired) electrons. The molecule has 2 aliphatic rings. The van der Waals surface area contributed by atoms with E-state index >= 15 is 0 Å². The molecule has 1 unspecified atom stereocenters. The highest BCUT2D eigenvalue weighted by Gasteiger charge is 2.46. The summed E-state index contributed by atoms with van der Waals surface area (Å²) in [5, 5.41) is 0.0488. The Kier molecular flexibility index (Phi) is 2.16. The van der Waals surface area contributed by atoms with Gasteiger partial charge in [0.15, 0.2) is 5.76 Å². The predicted molar refractivity (Wildman–Crippen MR) is 54.2 cm³/mol. The standard InChI is InChI=1S/C8H11N3O3S/c1-8(10)4(14-7(9)13)3-11-5(12)2-6(11)15-8/h3,6H,2,10H2,1H3,(H2,9,13)/t6-,8?/m1/s1. The molecular formula is C8H11N3O3S. The Morgan fingerprint density at radius 3 is 3.00 bits per heavy atom. The van der Waals surface area contributed by atoms with Crippen molar-refractivity contribution in [2.24, 2.45) is 11.5 Å². The molecule has 2 atom stereocenters. The fourth-order valence-electron chi connectivity index (χ4n) is 1.49. The first-order valence-electron chi connectivity index (χ1n) is 4.37. The van der Waals surface area contributed by atoms with E-state index < -0.39 is 11.0 Å². The highest BCUT2D eigenvalue weighted by atomic mass is 32.2. The van der Waals surface area contributed by atoms with Crippen molar-refractivity contribution >= 4 is 23.8 Å². The van der Waals surface area contributed by atoms with Gasteiger partial charge in [0.2, 0.25) is 5.91 Å². The zero-order valence-corrected chi connectivity index (χ0v) is 8.91. The number of amides is 2. The summed E-state index contributed by atoms with van der Waals surface area (Å²) in [5.74, 6) is 0.206. The van der Waals surface area contributed by atoms with E-state index in [1.807, 2.05) is 0 Å². The molecule has 0 spiro atoms. The van der Waals surface area contributed by atoms with E-state index in [1.54, 1.807) is 6.92 Å². The zero-order chi connectivity index (χ0) is 11.2. The van der Waals surface area contributed by atoms with E-state index in [1.165, 1.54) is 22.9 Å². The van der Waals surface area contributed by atoms with E-state index in [0.29, 0.717) is 6.42 Å². The first-order chi connectivity index (χ1) is 6.90. The molecule has 6 nitrogen and oxygen atoms in total. The number of carbonyl (C=O) groups is 2. The summed E-state index contributed by atoms with van der Waals surface area (Å²) in [5.41, 5.74) is 10.8. The number of thioether (sulfide) groups is 1. The van der Waals surface area contributed by atoms with Gasteiger partial charge < -0.3 is 21.1 Å². The second-order valence-electron chi connectivity index (χ2n) is 3.60. The van der Waals surface area contributed by atoms with Crippen molar-refractivity contribution < 1.29 is 14.3 Å². The van der Waals surface area contributed by atoms with Gasteiger partial charge >= 0.3 is 6.09 Å². The summed E-state index contributed by atoms with van der Waals surface area (Å²) in [6.07, 6.45) is 1.00. The summed E-state index contributed by atoms with van der Waals surface area (Å²) < 4.78 is 4.77. The number of rotatable bonds is 1. The molecule has 82 valence electrons. The van der Waals surface area contributed by atoms with Gasteiger partial charge in [-0.25, -0.2) is 4.79 Å². The van der Waals surface area contributed by atoms with Crippen molar-refractivity contribution in [3.63, 3.8) is 0 Å². The molecule has 0 aromatic rings. The molecule has 2 amide bonds. The second-order valence-corrected chi connectivity index (χ2v) is 5.23. The third-order valence-electron chi connectivity index (χ3n) is 2.28. The monoisotopic (exact) mass is 229 g/mol. The lowest BCUT2D eigenvalue weighted by Crippen LogP contribution is -2.55. The minimum atomic E-state index is -0.926. The van der Waals surface area contributed by atoms with Gasteiger partial charge in [0.1, 0.15) is 4.87 Å². The minimum absolute atomic E-state index is 0.00595. The molecule has 2 heterocycles. The van der Waals surface area contributed by atoms with Crippen molar-refractivity contribution in [1.29, 1.82) is 0 Å². The number of hydrogen-bond acceptors (Lipinski definition) is 5. The molecule has 15 heavy (non-hydrogen) atoms. The lowest BCUT2D eigenvalue weighted by atomic mass is 10.2. The van der Waals surface area contributed by atoms with Crippen molar-refractivity contribution in [3.8, 4) is 0 Å². The molecule has 0 aromatic carbocycles. The molecule has 2 aliphatic heterocycles. The van der Waals surface area contributed by atoms with Crippen LogP contribution in [0.3, 0.4) is 0 Å². The van der Waals surface area contributed by atoms with Gasteiger partial charge in [-0.1, -0.05) is 0 Å². The highest BCUT2D eigenvalue weighted by molar-refractivity contribution is 8.01. The van der Waals surface area contributed by atoms with Crippen LogP contribution in [0, 0.1) is 0 Å². The van der Waals surface area contributed by atoms with Gasteiger partial charge in [0.25, 0.3) is 0 Å². The molecule has 1 saturated heterocycles. The van der Waals surface area contributed by atoms with Crippen LogP contribution in [-0.2, 0) is 9.53 Å². The quantitative estimate of drug-likeness (QED) is 0.612. The fourth-order valence-corrected chi connectivity index (χ4v) is 2.78. The summed E-state index contributed by atoms with van der Waals surface area (Å²) >= 11 is 1.37. The molecule has 2 rings (SSSR count). The van der Waals surface area contributed by atoms with Crippen LogP contribution >= 0.6 is 11.8 Å². The van der Waals surface area contributed by atoms with Crippen LogP contribution in [0.5, 0.6) is 0 Å². The molecule has 0 aromatic heterocycles. The van der Waals surface area contributed by atoms with E-state index in [2.05, 4.69) is 0 Å². The normalized spacial score (nSPS) is 34.0. The Morgan fingerprint density at radius 2 is 2.47 bits per heavy atom. The minimum Gasteiger partial charge on any atom is -0.411 e. The maximum Gasteiger partial charge on any atom is 0.409 e. The summed E-state index contributed by atoms with van der Waals surface area (Å²) in [6.45, 7) is 1.71. The topological polar surface area (TPSA) is 98.7 Å². The van der Waals surface area contributed by atoms with Crippen LogP contribution in [0.2, 0.25) is 0 Å². The van der Waals surface area contributed by atoms with Crippen LogP contribution in [0.1, 0.15) is 13.3 Å². The average Bonchev–Trinajstić information content (AvgIpc) is 2.08. The first kappa shape index (κ1) is 10.3. The maximum absolute atomic E-state index is 11.2. The second kappa shape index (κ2) is 3.14. The van der Waals surface area contributed by atoms with Gasteiger partial charge in [0, 0.05) is 6.20 Å². The lowest BCUT2D eigenvalue weighted by Gasteiger charge is -2.45. The molecule has 0 saturated carbocycles. The van der Waals surface area contributed by atoms with Gasteiger partial charge in [-0.2, -0.15) is 0 Å². The summed E-state index contributed by atoms with van der Waals surface area (Å²) in [7, 11) is 0. The number of carbonyl (C=O) groups excluding carboxylic acids is 2. The number of primary amides is 1. The third-order valence-corrected chi connectivity index (χ3v) is 3.64. The Morgan fingerprint density at radius 1 is 1.80 bits per heavy atom. The van der Waals surface area contributed by atoms with E-state index in [0.717, 1.165) is 0 Å². The molecule has 0 aliphatic carbocycles. The lowest BCUT2D eigenvalue weighted by molar-refractivity contribution is -0.138. The number of nitrogens with two attached hydrogens (primary N) is 2. The highest BCUT2D eigenvalue weighted by Crippen LogP contribution is 2.44. The molecule has 0 bridgehead atoms. The van der Waals surface area contributed by atoms with Gasteiger partial charge in [0.05, 0.1) is 11.8 Å². The number of hydrogen-bond donors (Lipinski definition) is 2. The van der Waals surface area contributed by atoms with Crippen LogP contribution in [-0.4, -0.2) is 27.1 Å². The molecule has 4 N–H and O–H groups in total. The van der Waals surface area contributed by atoms with Crippen LogP contribution in [0.15, 0.2) is 12.0 Å². The van der Waals surface area contributed by atoms with Crippen LogP contribution in [0.25, 0.3) is 0 Å². The maximum atomic E-state index is 11.2. The fraction of sp³-hybridized carbons (Fsp3) is 0.500. The zero-order valence-electron chi connectivity index (χ0n) is 8.10. The smallest absolute Gasteiger partial charge is 0.409 e. The number of β-lactam (4-membered cyclic amide) rings is 1. The van der Waals surface area contributed by atoms with Gasteiger partial charge in [-0.15, -0.1) is 11.8 Å². The molecule has 1 fully saturated rings. The van der Waals surface area contributed by atoms with Gasteiger partial charge in [-0.05, 0) is 6.92 Å². The Bertz CT molecular complexity index is 366. The van der Waals surface area contributed by atoms with Crippen molar-refractivity contribution in [1.82, 2.24) is 4.90 Å². The van der Waals surface area contributed by atoms with Crippen molar-refractivity contribution in [3.05, 3.63) is 12.0 Å². The SMILES string of the molecule is CC1(N)S[C@@H]2CC(=O)N2C=C1OC(N)=O. The number of fused-ring (bicyclic) bond motifs is 1. The molecule has 7 heteroatoms. The van der Waals surface area contributed by atoms with Gasteiger partial charge in [-0.3, -0.25) is 4.79 Å². The Balaban J connectivity index is 2.24. The summed E-state index contributed by atoms with van der Waals surface area (Å²) in [4.78, 5) is 22.5. The van der Waals surface area contributed by atoms with E-state index in [4.69, 9.17) is 16.2 Å². The first-order valence-corrected chi connectivity index (χ1v) is 5.25. The summed E-state index contributed by atoms with van der Waals surface area (Å²) in [6, 6.07) is 0. The average molecular weight is 229 g/mol. The largest absolute Gasteiger partial charge is 0.411 e. The van der Waals surface area contributed by atoms with Crippen LogP contribution in [0.4, 0.5) is 4.79 Å². The molecular weight excluding hydrogens is 218 g/mol. The van der Waals surface area contributed by atoms with Crippen LogP contribution < -0.4 is 11.5 Å². The van der Waals surface area contributed by atoms with Crippen molar-refractivity contribution in [2.75, 3.05) is 0 Å². The Hall–Kier alpha value is -1.21. The van der Waals surface area contributed by atoms with E-state index in [9.17, 15) is 9.59 Å². The van der Waals surface area contributed by atoms with Crippen molar-refractivity contribution in [2.45, 2.75) is 23.6 Å². The third kappa shape index (κ3) is 1.68. The Labute approximate surface area is 90.6 Å².